The number of H-pyrrole nitrogens is 1. The lowest BCUT2D eigenvalue weighted by molar-refractivity contribution is -0.139. The summed E-state index contributed by atoms with van der Waals surface area (Å²) in [5.41, 5.74) is -0.462. The number of nitrogens with zero attached hydrogens (tertiary/aromatic N) is 3. The van der Waals surface area contributed by atoms with E-state index in [0.717, 1.165) is 50.8 Å². The van der Waals surface area contributed by atoms with Gasteiger partial charge in [0.1, 0.15) is 4.90 Å². The van der Waals surface area contributed by atoms with Crippen LogP contribution in [0.3, 0.4) is 0 Å². The van der Waals surface area contributed by atoms with Crippen molar-refractivity contribution >= 4 is 10.0 Å². The van der Waals surface area contributed by atoms with Gasteiger partial charge in [0.05, 0.1) is 5.56 Å². The number of alkyl halides is 3. The van der Waals surface area contributed by atoms with Gasteiger partial charge in [-0.15, -0.1) is 10.2 Å². The van der Waals surface area contributed by atoms with Crippen molar-refractivity contribution in [3.8, 4) is 11.4 Å². The largest absolute Gasteiger partial charge is 0.417 e. The molecule has 2 heterocycles. The Morgan fingerprint density at radius 3 is 2.31 bits per heavy atom. The van der Waals surface area contributed by atoms with Crippen LogP contribution in [0.1, 0.15) is 74.8 Å². The molecule has 0 radical (unpaired) electrons. The molecule has 1 saturated heterocycles. The minimum absolute atomic E-state index is 0.0975. The highest BCUT2D eigenvalue weighted by atomic mass is 32.2. The van der Waals surface area contributed by atoms with Crippen LogP contribution in [0.25, 0.3) is 11.4 Å². The summed E-state index contributed by atoms with van der Waals surface area (Å²) >= 11 is 0. The third-order valence-electron chi connectivity index (χ3n) is 8.41. The van der Waals surface area contributed by atoms with E-state index in [4.69, 9.17) is 5.14 Å². The monoisotopic (exact) mass is 512 g/mol. The van der Waals surface area contributed by atoms with Gasteiger partial charge in [0.25, 0.3) is 0 Å². The van der Waals surface area contributed by atoms with E-state index in [-0.39, 0.29) is 17.3 Å². The number of piperidine rings is 1. The van der Waals surface area contributed by atoms with Gasteiger partial charge in [0, 0.05) is 5.56 Å². The molecule has 1 aliphatic heterocycles. The summed E-state index contributed by atoms with van der Waals surface area (Å²) < 4.78 is 66.0. The normalized spacial score (nSPS) is 25.5. The fourth-order valence-electron chi connectivity index (χ4n) is 6.83. The molecule has 0 atom stereocenters. The van der Waals surface area contributed by atoms with E-state index in [1.54, 1.807) is 0 Å². The van der Waals surface area contributed by atoms with E-state index in [1.165, 1.54) is 38.2 Å². The molecule has 2 saturated carbocycles. The molecule has 192 valence electrons. The zero-order valence-corrected chi connectivity index (χ0v) is 20.3. The summed E-state index contributed by atoms with van der Waals surface area (Å²) in [5, 5.41) is 22.0. The molecule has 0 amide bonds. The molecule has 0 bridgehead atoms. The van der Waals surface area contributed by atoms with Crippen molar-refractivity contribution in [1.82, 2.24) is 25.9 Å². The number of halogens is 3. The molecule has 2 aliphatic carbocycles. The van der Waals surface area contributed by atoms with Crippen molar-refractivity contribution in [2.45, 2.75) is 74.8 Å². The van der Waals surface area contributed by atoms with Crippen LogP contribution in [0.5, 0.6) is 0 Å². The predicted molar refractivity (Wildman–Crippen MR) is 123 cm³/mol. The Hall–Kier alpha value is -2.05. The van der Waals surface area contributed by atoms with Crippen LogP contribution in [0.2, 0.25) is 0 Å². The second-order valence-electron chi connectivity index (χ2n) is 10.7. The van der Waals surface area contributed by atoms with Crippen LogP contribution < -0.4 is 10.5 Å². The molecule has 35 heavy (non-hydrogen) atoms. The third-order valence-corrected chi connectivity index (χ3v) is 9.40. The van der Waals surface area contributed by atoms with Crippen LogP contribution in [-0.2, 0) is 16.2 Å². The van der Waals surface area contributed by atoms with Gasteiger partial charge in [-0.3, -0.25) is 0 Å². The summed E-state index contributed by atoms with van der Waals surface area (Å²) in [4.78, 5) is -0.979. The van der Waals surface area contributed by atoms with Gasteiger partial charge >= 0.3 is 6.18 Å². The Labute approximate surface area is 202 Å². The van der Waals surface area contributed by atoms with Crippen molar-refractivity contribution in [1.29, 1.82) is 0 Å². The van der Waals surface area contributed by atoms with Gasteiger partial charge in [-0.25, -0.2) is 13.6 Å². The SMILES string of the molecule is NS(=O)(=O)c1c(C(F)(F)F)ccc(C2CCC(CC3CC4(CCNCC4)C3)CC2)c1-c1nn[nH]n1. The topological polar surface area (TPSA) is 127 Å². The summed E-state index contributed by atoms with van der Waals surface area (Å²) in [5.74, 6) is 1.07. The van der Waals surface area contributed by atoms with Crippen LogP contribution in [0.15, 0.2) is 17.0 Å². The number of aromatic nitrogens is 4. The van der Waals surface area contributed by atoms with E-state index in [0.29, 0.717) is 16.9 Å². The van der Waals surface area contributed by atoms with E-state index in [9.17, 15) is 21.6 Å². The number of nitrogens with two attached hydrogens (primary N) is 1. The Kier molecular flexibility index (Phi) is 6.41. The van der Waals surface area contributed by atoms with Crippen molar-refractivity contribution in [3.63, 3.8) is 0 Å². The predicted octanol–water partition coefficient (Wildman–Crippen LogP) is 3.98. The number of nitrogens with one attached hydrogen (secondary N) is 2. The number of tetrazole rings is 1. The first-order valence-corrected chi connectivity index (χ1v) is 13.8. The Bertz CT molecular complexity index is 1150. The first-order valence-electron chi connectivity index (χ1n) is 12.3. The fourth-order valence-corrected chi connectivity index (χ4v) is 7.82. The van der Waals surface area contributed by atoms with Crippen LogP contribution >= 0.6 is 0 Å². The lowest BCUT2D eigenvalue weighted by Crippen LogP contribution is -2.45. The summed E-state index contributed by atoms with van der Waals surface area (Å²) in [6.07, 6.45) is 4.95. The zero-order chi connectivity index (χ0) is 24.8. The zero-order valence-electron chi connectivity index (χ0n) is 19.4. The fraction of sp³-hybridized carbons (Fsp3) is 0.696. The molecular formula is C23H31F3N6O2S. The average Bonchev–Trinajstić information content (AvgIpc) is 3.32. The molecule has 1 spiro atoms. The minimum Gasteiger partial charge on any atom is -0.317 e. The first kappa shape index (κ1) is 24.6. The molecule has 1 aromatic heterocycles. The van der Waals surface area contributed by atoms with Crippen LogP contribution in [0.4, 0.5) is 13.2 Å². The van der Waals surface area contributed by atoms with Gasteiger partial charge < -0.3 is 5.32 Å². The number of hydrogen-bond acceptors (Lipinski definition) is 6. The molecule has 5 rings (SSSR count). The van der Waals surface area contributed by atoms with E-state index in [1.807, 2.05) is 0 Å². The van der Waals surface area contributed by atoms with Gasteiger partial charge in [-0.05, 0) is 111 Å². The number of aromatic amines is 1. The lowest BCUT2D eigenvalue weighted by atomic mass is 9.55. The Morgan fingerprint density at radius 1 is 1.06 bits per heavy atom. The Morgan fingerprint density at radius 2 is 1.74 bits per heavy atom. The van der Waals surface area contributed by atoms with Crippen molar-refractivity contribution < 1.29 is 21.6 Å². The van der Waals surface area contributed by atoms with E-state index in [2.05, 4.69) is 25.9 Å². The molecule has 3 fully saturated rings. The van der Waals surface area contributed by atoms with Crippen LogP contribution in [0, 0.1) is 17.3 Å². The quantitative estimate of drug-likeness (QED) is 0.556. The number of sulfonamides is 1. The molecule has 0 unspecified atom stereocenters. The molecule has 3 aliphatic rings. The van der Waals surface area contributed by atoms with E-state index >= 15 is 0 Å². The molecular weight excluding hydrogens is 481 g/mol. The number of primary sulfonamides is 1. The minimum atomic E-state index is -4.90. The van der Waals surface area contributed by atoms with Crippen molar-refractivity contribution in [2.75, 3.05) is 13.1 Å². The molecule has 2 aromatic rings. The molecule has 8 nitrogen and oxygen atoms in total. The first-order chi connectivity index (χ1) is 16.6. The Balaban J connectivity index is 1.35. The maximum atomic E-state index is 13.7. The number of benzene rings is 1. The highest BCUT2D eigenvalue weighted by Crippen LogP contribution is 2.55. The third kappa shape index (κ3) is 4.97. The van der Waals surface area contributed by atoms with Crippen molar-refractivity contribution in [3.05, 3.63) is 23.3 Å². The second-order valence-corrected chi connectivity index (χ2v) is 12.2. The maximum absolute atomic E-state index is 13.7. The van der Waals surface area contributed by atoms with Gasteiger partial charge in [0.15, 0.2) is 0 Å². The smallest absolute Gasteiger partial charge is 0.317 e. The highest BCUT2D eigenvalue weighted by molar-refractivity contribution is 7.89. The second kappa shape index (κ2) is 9.11. The molecule has 12 heteroatoms. The highest BCUT2D eigenvalue weighted by Gasteiger charge is 2.45. The summed E-state index contributed by atoms with van der Waals surface area (Å²) in [6.45, 7) is 2.24. The van der Waals surface area contributed by atoms with Gasteiger partial charge in [-0.2, -0.15) is 18.4 Å². The van der Waals surface area contributed by atoms with Gasteiger partial charge in [0.2, 0.25) is 15.8 Å². The summed E-state index contributed by atoms with van der Waals surface area (Å²) in [6, 6.07) is 2.18. The van der Waals surface area contributed by atoms with E-state index < -0.39 is 26.7 Å². The lowest BCUT2D eigenvalue weighted by Gasteiger charge is -2.51. The summed E-state index contributed by atoms with van der Waals surface area (Å²) in [7, 11) is -4.72. The number of rotatable bonds is 5. The standard InChI is InChI=1S/C23H31F3N6O2S/c24-23(25,26)18-6-5-17(19(20(18)35(27,33)34)21-29-31-32-30-21)16-3-1-14(2-4-16)11-15-12-22(13-15)7-9-28-10-8-22/h5-6,14-16,28H,1-4,7-13H2,(H2,27,33,34)(H,29,30,31,32). The average molecular weight is 513 g/mol. The number of hydrogen-bond donors (Lipinski definition) is 3. The van der Waals surface area contributed by atoms with Crippen LogP contribution in [-0.4, -0.2) is 42.1 Å². The van der Waals surface area contributed by atoms with Crippen molar-refractivity contribution in [2.24, 2.45) is 22.4 Å². The molecule has 4 N–H and O–H groups in total. The molecule has 1 aromatic carbocycles. The maximum Gasteiger partial charge on any atom is 0.417 e. The van der Waals surface area contributed by atoms with Gasteiger partial charge in [-0.1, -0.05) is 6.07 Å².